The summed E-state index contributed by atoms with van der Waals surface area (Å²) in [6, 6.07) is 12.5. The van der Waals surface area contributed by atoms with Crippen molar-refractivity contribution in [3.05, 3.63) is 77.1 Å². The molecule has 0 saturated carbocycles. The Morgan fingerprint density at radius 1 is 1.11 bits per heavy atom. The van der Waals surface area contributed by atoms with Crippen LogP contribution < -0.4 is 11.1 Å². The van der Waals surface area contributed by atoms with Gasteiger partial charge < -0.3 is 11.1 Å². The van der Waals surface area contributed by atoms with Crippen LogP contribution >= 0.6 is 11.6 Å². The van der Waals surface area contributed by atoms with E-state index in [-0.39, 0.29) is 11.3 Å². The molecule has 0 unspecified atom stereocenters. The number of nitrogens with zero attached hydrogens (tertiary/aromatic N) is 1. The maximum atomic E-state index is 13.0. The van der Waals surface area contributed by atoms with Crippen LogP contribution in [-0.2, 0) is 6.18 Å². The zero-order valence-corrected chi connectivity index (χ0v) is 14.5. The molecule has 1 amide bonds. The zero-order chi connectivity index (χ0) is 19.6. The van der Waals surface area contributed by atoms with E-state index in [4.69, 9.17) is 17.3 Å². The largest absolute Gasteiger partial charge is 0.418 e. The first-order valence-corrected chi connectivity index (χ1v) is 8.12. The Hall–Kier alpha value is -3.06. The molecule has 0 aliphatic rings. The van der Waals surface area contributed by atoms with E-state index in [9.17, 15) is 18.0 Å². The fourth-order valence-electron chi connectivity index (χ4n) is 2.56. The van der Waals surface area contributed by atoms with Crippen LogP contribution in [0.3, 0.4) is 0 Å². The quantitative estimate of drug-likeness (QED) is 0.599. The van der Waals surface area contributed by atoms with Crippen molar-refractivity contribution < 1.29 is 18.0 Å². The lowest BCUT2D eigenvalue weighted by Crippen LogP contribution is -2.18. The van der Waals surface area contributed by atoms with Gasteiger partial charge in [0.25, 0.3) is 5.91 Å². The van der Waals surface area contributed by atoms with Crippen molar-refractivity contribution >= 4 is 28.9 Å². The van der Waals surface area contributed by atoms with Crippen LogP contribution in [0.15, 0.2) is 60.9 Å². The summed E-state index contributed by atoms with van der Waals surface area (Å²) in [5.74, 6) is -0.767. The Labute approximate surface area is 157 Å². The van der Waals surface area contributed by atoms with Crippen LogP contribution in [0.5, 0.6) is 0 Å². The number of hydrogen-bond acceptors (Lipinski definition) is 3. The molecular weight excluding hydrogens is 379 g/mol. The predicted octanol–water partition coefficient (Wildman–Crippen LogP) is 5.26. The second-order valence-electron chi connectivity index (χ2n) is 5.66. The number of amides is 1. The predicted molar refractivity (Wildman–Crippen MR) is 98.5 cm³/mol. The number of aromatic nitrogens is 1. The van der Waals surface area contributed by atoms with Crippen LogP contribution in [0.2, 0.25) is 5.02 Å². The molecule has 138 valence electrons. The van der Waals surface area contributed by atoms with Crippen LogP contribution in [0.25, 0.3) is 11.1 Å². The normalized spacial score (nSPS) is 11.3. The highest BCUT2D eigenvalue weighted by atomic mass is 35.5. The SMILES string of the molecule is Nc1cc(-c2ccccc2Cl)ccc1C(=O)Nc1cnccc1C(F)(F)F. The van der Waals surface area contributed by atoms with Crippen molar-refractivity contribution in [3.63, 3.8) is 0 Å². The standard InChI is InChI=1S/C19H13ClF3N3O/c20-15-4-2-1-3-12(15)11-5-6-13(16(24)9-11)18(27)26-17-10-25-8-7-14(17)19(21,22)23/h1-10H,24H2,(H,26,27). The number of carbonyl (C=O) groups excluding carboxylic acids is 1. The van der Waals surface area contributed by atoms with Gasteiger partial charge in [0.15, 0.2) is 0 Å². The second kappa shape index (κ2) is 7.28. The van der Waals surface area contributed by atoms with Crippen molar-refractivity contribution in [1.82, 2.24) is 4.98 Å². The minimum absolute atomic E-state index is 0.0442. The van der Waals surface area contributed by atoms with Gasteiger partial charge in [-0.15, -0.1) is 0 Å². The van der Waals surface area contributed by atoms with Gasteiger partial charge in [0, 0.05) is 22.5 Å². The molecule has 0 atom stereocenters. The second-order valence-corrected chi connectivity index (χ2v) is 6.06. The van der Waals surface area contributed by atoms with E-state index in [0.717, 1.165) is 24.0 Å². The van der Waals surface area contributed by atoms with E-state index >= 15 is 0 Å². The molecule has 4 nitrogen and oxygen atoms in total. The summed E-state index contributed by atoms with van der Waals surface area (Å²) in [5, 5.41) is 2.73. The Bertz CT molecular complexity index is 1010. The first-order chi connectivity index (χ1) is 12.8. The molecule has 0 spiro atoms. The van der Waals surface area contributed by atoms with E-state index in [1.54, 1.807) is 36.4 Å². The summed E-state index contributed by atoms with van der Waals surface area (Å²) >= 11 is 6.15. The number of nitrogen functional groups attached to an aromatic ring is 1. The monoisotopic (exact) mass is 391 g/mol. The molecule has 0 saturated heterocycles. The van der Waals surface area contributed by atoms with Gasteiger partial charge in [-0.3, -0.25) is 9.78 Å². The van der Waals surface area contributed by atoms with Gasteiger partial charge in [0.2, 0.25) is 0 Å². The molecule has 0 radical (unpaired) electrons. The van der Waals surface area contributed by atoms with Gasteiger partial charge in [0.05, 0.1) is 23.0 Å². The number of halogens is 4. The third-order valence-electron chi connectivity index (χ3n) is 3.86. The zero-order valence-electron chi connectivity index (χ0n) is 13.7. The summed E-state index contributed by atoms with van der Waals surface area (Å²) in [4.78, 5) is 16.0. The van der Waals surface area contributed by atoms with Gasteiger partial charge in [-0.2, -0.15) is 13.2 Å². The summed E-state index contributed by atoms with van der Waals surface area (Å²) < 4.78 is 39.1. The van der Waals surface area contributed by atoms with Crippen LogP contribution in [-0.4, -0.2) is 10.9 Å². The van der Waals surface area contributed by atoms with Crippen molar-refractivity contribution in [1.29, 1.82) is 0 Å². The van der Waals surface area contributed by atoms with Crippen molar-refractivity contribution in [3.8, 4) is 11.1 Å². The number of rotatable bonds is 3. The topological polar surface area (TPSA) is 68.0 Å². The highest BCUT2D eigenvalue weighted by molar-refractivity contribution is 6.33. The molecule has 27 heavy (non-hydrogen) atoms. The number of benzene rings is 2. The number of alkyl halides is 3. The summed E-state index contributed by atoms with van der Waals surface area (Å²) in [6.07, 6.45) is -2.68. The van der Waals surface area contributed by atoms with Gasteiger partial charge in [-0.05, 0) is 29.8 Å². The number of carbonyl (C=O) groups is 1. The van der Waals surface area contributed by atoms with E-state index in [0.29, 0.717) is 10.6 Å². The molecule has 3 rings (SSSR count). The maximum absolute atomic E-state index is 13.0. The van der Waals surface area contributed by atoms with E-state index in [2.05, 4.69) is 10.3 Å². The number of hydrogen-bond donors (Lipinski definition) is 2. The molecular formula is C19H13ClF3N3O. The number of nitrogens with one attached hydrogen (secondary N) is 1. The molecule has 8 heteroatoms. The third-order valence-corrected chi connectivity index (χ3v) is 4.19. The van der Waals surface area contributed by atoms with Gasteiger partial charge in [0.1, 0.15) is 0 Å². The number of nitrogens with two attached hydrogens (primary N) is 1. The first kappa shape index (κ1) is 18.7. The molecule has 3 N–H and O–H groups in total. The molecule has 0 aliphatic heterocycles. The lowest BCUT2D eigenvalue weighted by Gasteiger charge is -2.14. The van der Waals surface area contributed by atoms with E-state index < -0.39 is 23.3 Å². The smallest absolute Gasteiger partial charge is 0.398 e. The lowest BCUT2D eigenvalue weighted by molar-refractivity contribution is -0.137. The number of anilines is 2. The highest BCUT2D eigenvalue weighted by Crippen LogP contribution is 2.35. The maximum Gasteiger partial charge on any atom is 0.418 e. The number of pyridine rings is 1. The average molecular weight is 392 g/mol. The van der Waals surface area contributed by atoms with Gasteiger partial charge >= 0.3 is 6.18 Å². The fourth-order valence-corrected chi connectivity index (χ4v) is 2.81. The summed E-state index contributed by atoms with van der Waals surface area (Å²) in [6.45, 7) is 0. The summed E-state index contributed by atoms with van der Waals surface area (Å²) in [7, 11) is 0. The highest BCUT2D eigenvalue weighted by Gasteiger charge is 2.34. The van der Waals surface area contributed by atoms with Crippen molar-refractivity contribution in [2.24, 2.45) is 0 Å². The van der Waals surface area contributed by atoms with E-state index in [1.165, 1.54) is 6.07 Å². The Kier molecular flexibility index (Phi) is 5.05. The minimum Gasteiger partial charge on any atom is -0.398 e. The first-order valence-electron chi connectivity index (χ1n) is 7.74. The molecule has 1 heterocycles. The van der Waals surface area contributed by atoms with Crippen molar-refractivity contribution in [2.45, 2.75) is 6.18 Å². The van der Waals surface area contributed by atoms with Crippen molar-refractivity contribution in [2.75, 3.05) is 11.1 Å². The van der Waals surface area contributed by atoms with Crippen LogP contribution in [0.1, 0.15) is 15.9 Å². The molecule has 0 aliphatic carbocycles. The van der Waals surface area contributed by atoms with Gasteiger partial charge in [-0.1, -0.05) is 35.9 Å². The Morgan fingerprint density at radius 2 is 1.85 bits per heavy atom. The van der Waals surface area contributed by atoms with Crippen LogP contribution in [0.4, 0.5) is 24.5 Å². The molecule has 0 bridgehead atoms. The van der Waals surface area contributed by atoms with Crippen LogP contribution in [0, 0.1) is 0 Å². The Balaban J connectivity index is 1.90. The van der Waals surface area contributed by atoms with E-state index in [1.807, 2.05) is 0 Å². The molecule has 3 aromatic rings. The fraction of sp³-hybridized carbons (Fsp3) is 0.0526. The molecule has 1 aromatic heterocycles. The third kappa shape index (κ3) is 4.03. The molecule has 0 fully saturated rings. The molecule has 2 aromatic carbocycles. The minimum atomic E-state index is -4.62. The average Bonchev–Trinajstić information content (AvgIpc) is 2.61. The van der Waals surface area contributed by atoms with Gasteiger partial charge in [-0.25, -0.2) is 0 Å². The Morgan fingerprint density at radius 3 is 2.52 bits per heavy atom. The lowest BCUT2D eigenvalue weighted by atomic mass is 10.0. The summed E-state index contributed by atoms with van der Waals surface area (Å²) in [5.41, 5.74) is 6.09.